The number of nitrogens with zero attached hydrogens (tertiary/aromatic N) is 2. The Balaban J connectivity index is 1.73. The Morgan fingerprint density at radius 3 is 3.00 bits per heavy atom. The van der Waals surface area contributed by atoms with E-state index >= 15 is 0 Å². The lowest BCUT2D eigenvalue weighted by Crippen LogP contribution is -2.35. The van der Waals surface area contributed by atoms with Crippen molar-refractivity contribution in [3.63, 3.8) is 0 Å². The van der Waals surface area contributed by atoms with Gasteiger partial charge in [-0.05, 0) is 24.3 Å². The van der Waals surface area contributed by atoms with Crippen LogP contribution in [0.15, 0.2) is 30.3 Å². The van der Waals surface area contributed by atoms with Crippen LogP contribution >= 0.6 is 23.5 Å². The second-order valence-corrected chi connectivity index (χ2v) is 7.05. The van der Waals surface area contributed by atoms with Crippen molar-refractivity contribution < 1.29 is 0 Å². The third-order valence-electron chi connectivity index (χ3n) is 3.25. The van der Waals surface area contributed by atoms with Crippen molar-refractivity contribution in [2.75, 3.05) is 36.9 Å². The second kappa shape index (κ2) is 8.52. The summed E-state index contributed by atoms with van der Waals surface area (Å²) < 4.78 is 0. The van der Waals surface area contributed by atoms with Gasteiger partial charge in [-0.25, -0.2) is 0 Å². The van der Waals surface area contributed by atoms with Gasteiger partial charge in [-0.1, -0.05) is 30.3 Å². The molecule has 0 N–H and O–H groups in total. The molecule has 0 unspecified atom stereocenters. The topological polar surface area (TPSA) is 27.0 Å². The van der Waals surface area contributed by atoms with Gasteiger partial charge >= 0.3 is 0 Å². The number of rotatable bonds is 6. The van der Waals surface area contributed by atoms with Crippen molar-refractivity contribution in [2.24, 2.45) is 0 Å². The van der Waals surface area contributed by atoms with Crippen LogP contribution in [0.25, 0.3) is 0 Å². The zero-order valence-corrected chi connectivity index (χ0v) is 12.8. The van der Waals surface area contributed by atoms with Crippen LogP contribution in [-0.2, 0) is 0 Å². The molecule has 0 spiro atoms. The van der Waals surface area contributed by atoms with Crippen LogP contribution < -0.4 is 0 Å². The lowest BCUT2D eigenvalue weighted by Gasteiger charge is -2.32. The first-order valence-electron chi connectivity index (χ1n) is 6.74. The summed E-state index contributed by atoms with van der Waals surface area (Å²) in [6.07, 6.45) is 1.19. The highest BCUT2D eigenvalue weighted by molar-refractivity contribution is 7.99. The van der Waals surface area contributed by atoms with Gasteiger partial charge in [0.15, 0.2) is 0 Å². The molecule has 0 aliphatic carbocycles. The van der Waals surface area contributed by atoms with E-state index in [0.717, 1.165) is 12.3 Å². The van der Waals surface area contributed by atoms with Crippen LogP contribution in [0.2, 0.25) is 0 Å². The van der Waals surface area contributed by atoms with E-state index < -0.39 is 0 Å². The van der Waals surface area contributed by atoms with E-state index in [0.29, 0.717) is 11.0 Å². The van der Waals surface area contributed by atoms with Crippen LogP contribution in [0.5, 0.6) is 0 Å². The average molecular weight is 292 g/mol. The zero-order valence-electron chi connectivity index (χ0n) is 11.1. The molecule has 19 heavy (non-hydrogen) atoms. The summed E-state index contributed by atoms with van der Waals surface area (Å²) in [4.78, 5) is 2.57. The Kier molecular flexibility index (Phi) is 6.63. The number of thioether (sulfide) groups is 2. The second-order valence-electron chi connectivity index (χ2n) is 4.63. The lowest BCUT2D eigenvalue weighted by atomic mass is 10.1. The molecular weight excluding hydrogens is 272 g/mol. The summed E-state index contributed by atoms with van der Waals surface area (Å²) in [5, 5.41) is 9.12. The van der Waals surface area contributed by atoms with Gasteiger partial charge in [0, 0.05) is 24.1 Å². The number of benzene rings is 1. The standard InChI is InChI=1S/C15H20N2S2/c16-7-11-18-10-4-8-17-9-12-19-15(13-17)14-5-2-1-3-6-14/h1-3,5-6,15H,4,8-13H2/t15-/m0/s1. The smallest absolute Gasteiger partial charge is 0.0808 e. The van der Waals surface area contributed by atoms with Gasteiger partial charge in [-0.3, -0.25) is 0 Å². The molecule has 2 rings (SSSR count). The van der Waals surface area contributed by atoms with E-state index in [1.54, 1.807) is 11.8 Å². The van der Waals surface area contributed by atoms with Gasteiger partial charge in [0.2, 0.25) is 0 Å². The van der Waals surface area contributed by atoms with Crippen LogP contribution in [0.4, 0.5) is 0 Å². The fraction of sp³-hybridized carbons (Fsp3) is 0.533. The third-order valence-corrected chi connectivity index (χ3v) is 5.40. The maximum absolute atomic E-state index is 8.49. The first kappa shape index (κ1) is 14.8. The van der Waals surface area contributed by atoms with Crippen molar-refractivity contribution in [1.29, 1.82) is 5.26 Å². The molecule has 4 heteroatoms. The molecule has 2 nitrogen and oxygen atoms in total. The fourth-order valence-electron chi connectivity index (χ4n) is 2.28. The molecule has 1 saturated heterocycles. The molecule has 0 amide bonds. The molecular formula is C15H20N2S2. The largest absolute Gasteiger partial charge is 0.301 e. The summed E-state index contributed by atoms with van der Waals surface area (Å²) in [6.45, 7) is 3.54. The molecule has 0 aromatic heterocycles. The van der Waals surface area contributed by atoms with E-state index in [2.05, 4.69) is 53.1 Å². The maximum Gasteiger partial charge on any atom is 0.0808 e. The summed E-state index contributed by atoms with van der Waals surface area (Å²) in [6, 6.07) is 13.0. The molecule has 1 fully saturated rings. The molecule has 0 saturated carbocycles. The molecule has 1 aliphatic rings. The van der Waals surface area contributed by atoms with E-state index in [1.807, 2.05) is 0 Å². The summed E-state index contributed by atoms with van der Waals surface area (Å²) in [5.41, 5.74) is 1.45. The van der Waals surface area contributed by atoms with Crippen LogP contribution in [-0.4, -0.2) is 41.8 Å². The van der Waals surface area contributed by atoms with Gasteiger partial charge in [0.25, 0.3) is 0 Å². The molecule has 102 valence electrons. The Morgan fingerprint density at radius 1 is 1.37 bits per heavy atom. The minimum absolute atomic E-state index is 0.627. The van der Waals surface area contributed by atoms with Crippen molar-refractivity contribution in [3.8, 4) is 6.07 Å². The molecule has 1 heterocycles. The van der Waals surface area contributed by atoms with E-state index in [9.17, 15) is 0 Å². The molecule has 0 radical (unpaired) electrons. The van der Waals surface area contributed by atoms with E-state index in [1.165, 1.54) is 30.8 Å². The fourth-order valence-corrected chi connectivity index (χ4v) is 4.17. The third kappa shape index (κ3) is 5.10. The minimum atomic E-state index is 0.627. The monoisotopic (exact) mass is 292 g/mol. The quantitative estimate of drug-likeness (QED) is 0.751. The molecule has 0 bridgehead atoms. The van der Waals surface area contributed by atoms with Crippen molar-refractivity contribution in [1.82, 2.24) is 4.90 Å². The Morgan fingerprint density at radius 2 is 2.21 bits per heavy atom. The van der Waals surface area contributed by atoms with Gasteiger partial charge < -0.3 is 4.90 Å². The summed E-state index contributed by atoms with van der Waals surface area (Å²) in [7, 11) is 0. The highest BCUT2D eigenvalue weighted by atomic mass is 32.2. The molecule has 1 atom stereocenters. The molecule has 1 aromatic carbocycles. The Bertz CT molecular complexity index is 402. The average Bonchev–Trinajstić information content (AvgIpc) is 2.48. The van der Waals surface area contributed by atoms with Crippen LogP contribution in [0.1, 0.15) is 17.2 Å². The normalized spacial score (nSPS) is 20.1. The predicted octanol–water partition coefficient (Wildman–Crippen LogP) is 3.42. The number of hydrogen-bond donors (Lipinski definition) is 0. The molecule has 1 aliphatic heterocycles. The van der Waals surface area contributed by atoms with Gasteiger partial charge in [0.1, 0.15) is 0 Å². The summed E-state index contributed by atoms with van der Waals surface area (Å²) in [5.74, 6) is 2.96. The zero-order chi connectivity index (χ0) is 13.3. The minimum Gasteiger partial charge on any atom is -0.301 e. The molecule has 1 aromatic rings. The first-order chi connectivity index (χ1) is 9.40. The van der Waals surface area contributed by atoms with Crippen LogP contribution in [0, 0.1) is 11.3 Å². The van der Waals surface area contributed by atoms with Crippen LogP contribution in [0.3, 0.4) is 0 Å². The lowest BCUT2D eigenvalue weighted by molar-refractivity contribution is 0.285. The number of nitriles is 1. The van der Waals surface area contributed by atoms with Crippen molar-refractivity contribution in [2.45, 2.75) is 11.7 Å². The van der Waals surface area contributed by atoms with Gasteiger partial charge in [-0.15, -0.1) is 11.8 Å². The Hall–Kier alpha value is -0.630. The van der Waals surface area contributed by atoms with E-state index in [-0.39, 0.29) is 0 Å². The van der Waals surface area contributed by atoms with E-state index in [4.69, 9.17) is 5.26 Å². The highest BCUT2D eigenvalue weighted by Crippen LogP contribution is 2.32. The van der Waals surface area contributed by atoms with Crippen molar-refractivity contribution >= 4 is 23.5 Å². The Labute approximate surface area is 124 Å². The summed E-state index contributed by atoms with van der Waals surface area (Å²) >= 11 is 3.82. The van der Waals surface area contributed by atoms with Crippen molar-refractivity contribution in [3.05, 3.63) is 35.9 Å². The predicted molar refractivity (Wildman–Crippen MR) is 85.6 cm³/mol. The van der Waals surface area contributed by atoms with Gasteiger partial charge in [-0.2, -0.15) is 17.0 Å². The number of hydrogen-bond acceptors (Lipinski definition) is 4. The van der Waals surface area contributed by atoms with Gasteiger partial charge in [0.05, 0.1) is 11.8 Å². The highest BCUT2D eigenvalue weighted by Gasteiger charge is 2.20. The first-order valence-corrected chi connectivity index (χ1v) is 8.94. The SMILES string of the molecule is N#CCSCCCN1CCS[C@H](c2ccccc2)C1. The maximum atomic E-state index is 8.49.